The summed E-state index contributed by atoms with van der Waals surface area (Å²) in [6.45, 7) is 2.54. The summed E-state index contributed by atoms with van der Waals surface area (Å²) in [7, 11) is 1.53. The van der Waals surface area contributed by atoms with Crippen LogP contribution in [0.2, 0.25) is 0 Å². The Kier molecular flexibility index (Phi) is 9.41. The molecule has 0 aliphatic heterocycles. The van der Waals surface area contributed by atoms with Crippen LogP contribution in [0.3, 0.4) is 0 Å². The zero-order valence-corrected chi connectivity index (χ0v) is 18.9. The van der Waals surface area contributed by atoms with Gasteiger partial charge >= 0.3 is 17.8 Å². The maximum Gasteiger partial charge on any atom is 0.312 e. The number of carbonyl (C=O) groups excluding carboxylic acids is 2. The summed E-state index contributed by atoms with van der Waals surface area (Å²) in [5.41, 5.74) is 6.69. The van der Waals surface area contributed by atoms with E-state index in [4.69, 9.17) is 15.9 Å². The molecule has 0 aromatic heterocycles. The highest BCUT2D eigenvalue weighted by Crippen LogP contribution is 2.25. The minimum atomic E-state index is -1.05. The molecule has 1 atom stereocenters. The van der Waals surface area contributed by atoms with E-state index in [1.54, 1.807) is 61.5 Å². The van der Waals surface area contributed by atoms with Gasteiger partial charge in [-0.1, -0.05) is 30.3 Å². The standard InChI is InChI=1S/C24H30N4O5/c1-3-28(20(16-21(29)30)17-8-5-4-6-9-17)24(32)23(31)27(2)14-7-15-33-19-12-10-18(11-13-19)22(25)26/h4-6,8-13,20H,3,7,14-16H2,1-2H3,(H3,25,26)(H,29,30)/t20-/m0/s1. The number of likely N-dealkylation sites (N-methyl/N-ethyl adjacent to an activating group) is 2. The third-order valence-corrected chi connectivity index (χ3v) is 5.13. The van der Waals surface area contributed by atoms with Gasteiger partial charge in [0.05, 0.1) is 19.1 Å². The molecule has 0 aliphatic carbocycles. The number of hydrogen-bond acceptors (Lipinski definition) is 5. The van der Waals surface area contributed by atoms with Crippen molar-refractivity contribution in [3.8, 4) is 5.75 Å². The van der Waals surface area contributed by atoms with Gasteiger partial charge in [0.2, 0.25) is 0 Å². The first kappa shape index (κ1) is 25.4. The molecule has 33 heavy (non-hydrogen) atoms. The molecular formula is C24H30N4O5. The zero-order chi connectivity index (χ0) is 24.4. The maximum atomic E-state index is 12.9. The number of carbonyl (C=O) groups is 3. The Balaban J connectivity index is 1.94. The van der Waals surface area contributed by atoms with Crippen LogP contribution in [0.1, 0.15) is 36.9 Å². The number of hydrogen-bond donors (Lipinski definition) is 3. The fourth-order valence-electron chi connectivity index (χ4n) is 3.36. The molecule has 0 spiro atoms. The number of benzene rings is 2. The molecule has 2 aromatic rings. The molecule has 0 heterocycles. The van der Waals surface area contributed by atoms with Crippen molar-refractivity contribution < 1.29 is 24.2 Å². The molecule has 2 rings (SSSR count). The van der Waals surface area contributed by atoms with Crippen molar-refractivity contribution in [2.24, 2.45) is 5.73 Å². The molecule has 4 N–H and O–H groups in total. The van der Waals surface area contributed by atoms with Crippen molar-refractivity contribution in [1.29, 1.82) is 5.41 Å². The van der Waals surface area contributed by atoms with Crippen LogP contribution in [-0.4, -0.2) is 65.3 Å². The molecular weight excluding hydrogens is 424 g/mol. The van der Waals surface area contributed by atoms with Crippen molar-refractivity contribution in [1.82, 2.24) is 9.80 Å². The maximum absolute atomic E-state index is 12.9. The van der Waals surface area contributed by atoms with Gasteiger partial charge < -0.3 is 25.4 Å². The number of carboxylic acids is 1. The number of aliphatic carboxylic acids is 1. The number of amides is 2. The minimum absolute atomic E-state index is 0.0228. The molecule has 0 fully saturated rings. The first-order chi connectivity index (χ1) is 15.7. The molecule has 0 radical (unpaired) electrons. The monoisotopic (exact) mass is 454 g/mol. The lowest BCUT2D eigenvalue weighted by Gasteiger charge is -2.31. The highest BCUT2D eigenvalue weighted by molar-refractivity contribution is 6.34. The summed E-state index contributed by atoms with van der Waals surface area (Å²) in [4.78, 5) is 39.7. The quantitative estimate of drug-likeness (QED) is 0.206. The van der Waals surface area contributed by atoms with Crippen LogP contribution in [-0.2, 0) is 14.4 Å². The first-order valence-electron chi connectivity index (χ1n) is 10.6. The van der Waals surface area contributed by atoms with E-state index < -0.39 is 23.8 Å². The summed E-state index contributed by atoms with van der Waals surface area (Å²) in [6, 6.07) is 14.9. The van der Waals surface area contributed by atoms with Crippen LogP contribution in [0.15, 0.2) is 54.6 Å². The first-order valence-corrected chi connectivity index (χ1v) is 10.6. The number of amidine groups is 1. The zero-order valence-electron chi connectivity index (χ0n) is 18.9. The van der Waals surface area contributed by atoms with Crippen LogP contribution in [0.4, 0.5) is 0 Å². The summed E-state index contributed by atoms with van der Waals surface area (Å²) < 4.78 is 5.63. The third kappa shape index (κ3) is 7.34. The Morgan fingerprint density at radius 3 is 2.24 bits per heavy atom. The molecule has 0 saturated carbocycles. The lowest BCUT2D eigenvalue weighted by molar-refractivity contribution is -0.153. The fourth-order valence-corrected chi connectivity index (χ4v) is 3.36. The molecule has 0 unspecified atom stereocenters. The highest BCUT2D eigenvalue weighted by atomic mass is 16.5. The van der Waals surface area contributed by atoms with Gasteiger partial charge in [0.25, 0.3) is 0 Å². The van der Waals surface area contributed by atoms with E-state index >= 15 is 0 Å². The summed E-state index contributed by atoms with van der Waals surface area (Å²) in [5, 5.41) is 16.7. The van der Waals surface area contributed by atoms with Crippen molar-refractivity contribution in [2.75, 3.05) is 26.7 Å². The molecule has 9 nitrogen and oxygen atoms in total. The molecule has 0 saturated heterocycles. The normalized spacial score (nSPS) is 11.3. The Bertz CT molecular complexity index is 963. The predicted octanol–water partition coefficient (Wildman–Crippen LogP) is 2.26. The summed E-state index contributed by atoms with van der Waals surface area (Å²) >= 11 is 0. The number of nitrogens with one attached hydrogen (secondary N) is 1. The number of nitrogens with two attached hydrogens (primary N) is 1. The number of rotatable bonds is 11. The Morgan fingerprint density at radius 1 is 1.06 bits per heavy atom. The molecule has 2 aromatic carbocycles. The number of nitrogens with zero attached hydrogens (tertiary/aromatic N) is 2. The van der Waals surface area contributed by atoms with Crippen molar-refractivity contribution in [2.45, 2.75) is 25.8 Å². The Labute approximate surface area is 193 Å². The van der Waals surface area contributed by atoms with Gasteiger partial charge in [-0.05, 0) is 43.2 Å². The Hall–Kier alpha value is -3.88. The number of ether oxygens (including phenoxy) is 1. The lowest BCUT2D eigenvalue weighted by Crippen LogP contribution is -2.46. The summed E-state index contributed by atoms with van der Waals surface area (Å²) in [5.74, 6) is -1.90. The van der Waals surface area contributed by atoms with E-state index in [1.165, 1.54) is 16.8 Å². The second-order valence-electron chi connectivity index (χ2n) is 7.48. The molecule has 2 amide bonds. The van der Waals surface area contributed by atoms with Crippen LogP contribution in [0, 0.1) is 5.41 Å². The number of nitrogen functional groups attached to an aromatic ring is 1. The molecule has 0 aliphatic rings. The smallest absolute Gasteiger partial charge is 0.312 e. The van der Waals surface area contributed by atoms with Gasteiger partial charge in [-0.3, -0.25) is 19.8 Å². The largest absolute Gasteiger partial charge is 0.494 e. The minimum Gasteiger partial charge on any atom is -0.494 e. The highest BCUT2D eigenvalue weighted by Gasteiger charge is 2.31. The van der Waals surface area contributed by atoms with Gasteiger partial charge in [-0.2, -0.15) is 0 Å². The van der Waals surface area contributed by atoms with Gasteiger partial charge in [-0.15, -0.1) is 0 Å². The van der Waals surface area contributed by atoms with Crippen LogP contribution >= 0.6 is 0 Å². The van der Waals surface area contributed by atoms with Crippen molar-refractivity contribution >= 4 is 23.6 Å². The van der Waals surface area contributed by atoms with Gasteiger partial charge in [0.15, 0.2) is 0 Å². The van der Waals surface area contributed by atoms with E-state index in [-0.39, 0.29) is 18.8 Å². The van der Waals surface area contributed by atoms with E-state index in [0.29, 0.717) is 36.4 Å². The van der Waals surface area contributed by atoms with Crippen LogP contribution < -0.4 is 10.5 Å². The number of carboxylic acid groups (broad SMARTS) is 1. The fraction of sp³-hybridized carbons (Fsp3) is 0.333. The lowest BCUT2D eigenvalue weighted by atomic mass is 10.0. The van der Waals surface area contributed by atoms with Gasteiger partial charge in [-0.25, -0.2) is 0 Å². The SMILES string of the molecule is CCN(C(=O)C(=O)N(C)CCCOc1ccc(C(=N)N)cc1)[C@@H](CC(=O)O)c1ccccc1. The van der Waals surface area contributed by atoms with Crippen LogP contribution in [0.25, 0.3) is 0 Å². The van der Waals surface area contributed by atoms with E-state index in [9.17, 15) is 19.5 Å². The second-order valence-corrected chi connectivity index (χ2v) is 7.48. The van der Waals surface area contributed by atoms with E-state index in [1.807, 2.05) is 0 Å². The van der Waals surface area contributed by atoms with Crippen LogP contribution in [0.5, 0.6) is 5.75 Å². The average molecular weight is 455 g/mol. The molecule has 0 bridgehead atoms. The molecule has 9 heteroatoms. The van der Waals surface area contributed by atoms with Gasteiger partial charge in [0.1, 0.15) is 11.6 Å². The van der Waals surface area contributed by atoms with E-state index in [0.717, 1.165) is 0 Å². The van der Waals surface area contributed by atoms with Gasteiger partial charge in [0, 0.05) is 25.7 Å². The third-order valence-electron chi connectivity index (χ3n) is 5.13. The second kappa shape index (κ2) is 12.2. The molecule has 176 valence electrons. The summed E-state index contributed by atoms with van der Waals surface area (Å²) in [6.07, 6.45) is 0.199. The predicted molar refractivity (Wildman–Crippen MR) is 124 cm³/mol. The average Bonchev–Trinajstić information content (AvgIpc) is 2.81. The topological polar surface area (TPSA) is 137 Å². The Morgan fingerprint density at radius 2 is 1.70 bits per heavy atom. The van der Waals surface area contributed by atoms with Crippen molar-refractivity contribution in [3.63, 3.8) is 0 Å². The van der Waals surface area contributed by atoms with E-state index in [2.05, 4.69) is 0 Å². The van der Waals surface area contributed by atoms with Crippen molar-refractivity contribution in [3.05, 3.63) is 65.7 Å².